The Morgan fingerprint density at radius 2 is 1.95 bits per heavy atom. The lowest BCUT2D eigenvalue weighted by Crippen LogP contribution is -2.34. The Bertz CT molecular complexity index is 314. The van der Waals surface area contributed by atoms with E-state index in [2.05, 4.69) is 0 Å². The fourth-order valence-electron chi connectivity index (χ4n) is 2.51. The summed E-state index contributed by atoms with van der Waals surface area (Å²) >= 11 is 0. The summed E-state index contributed by atoms with van der Waals surface area (Å²) in [7, 11) is 0. The lowest BCUT2D eigenvalue weighted by molar-refractivity contribution is -0.136. The molecule has 0 bridgehead atoms. The number of aliphatic hydroxyl groups excluding tert-OH is 1. The van der Waals surface area contributed by atoms with Gasteiger partial charge in [0, 0.05) is 44.9 Å². The van der Waals surface area contributed by atoms with Crippen molar-refractivity contribution in [2.24, 2.45) is 5.92 Å². The number of nitrogens with zero attached hydrogens (tertiary/aromatic N) is 2. The van der Waals surface area contributed by atoms with E-state index in [4.69, 9.17) is 0 Å². The molecule has 0 aromatic heterocycles. The van der Waals surface area contributed by atoms with Gasteiger partial charge in [0.1, 0.15) is 0 Å². The second-order valence-corrected chi connectivity index (χ2v) is 5.20. The Labute approximate surface area is 115 Å². The minimum absolute atomic E-state index is 0.0312. The van der Waals surface area contributed by atoms with Crippen LogP contribution in [-0.4, -0.2) is 59.0 Å². The van der Waals surface area contributed by atoms with Crippen LogP contribution in [0.25, 0.3) is 0 Å². The second-order valence-electron chi connectivity index (χ2n) is 5.20. The molecule has 0 aliphatic carbocycles. The van der Waals surface area contributed by atoms with Crippen LogP contribution in [0.4, 0.5) is 0 Å². The summed E-state index contributed by atoms with van der Waals surface area (Å²) in [6.07, 6.45) is 1.06. The van der Waals surface area contributed by atoms with Crippen molar-refractivity contribution in [2.75, 3.05) is 26.2 Å². The fraction of sp³-hybridized carbons (Fsp3) is 0.857. The molecule has 0 aromatic rings. The molecule has 2 unspecified atom stereocenters. The standard InChI is InChI=1S/C14H26N2O3/c1-4-15(5-2)13(18)6-7-14(19)16-9-8-12(10-16)11(3)17/h11-12,17H,4-10H2,1-3H3. The van der Waals surface area contributed by atoms with Gasteiger partial charge in [0.05, 0.1) is 6.10 Å². The lowest BCUT2D eigenvalue weighted by Gasteiger charge is -2.20. The topological polar surface area (TPSA) is 60.9 Å². The van der Waals surface area contributed by atoms with Gasteiger partial charge in [-0.3, -0.25) is 9.59 Å². The van der Waals surface area contributed by atoms with Crippen molar-refractivity contribution in [3.05, 3.63) is 0 Å². The molecular formula is C14H26N2O3. The molecule has 19 heavy (non-hydrogen) atoms. The SMILES string of the molecule is CCN(CC)C(=O)CCC(=O)N1CCC(C(C)O)C1. The average molecular weight is 270 g/mol. The fourth-order valence-corrected chi connectivity index (χ4v) is 2.51. The third kappa shape index (κ3) is 4.49. The predicted octanol–water partition coefficient (Wildman–Crippen LogP) is 0.864. The Morgan fingerprint density at radius 3 is 2.42 bits per heavy atom. The van der Waals surface area contributed by atoms with Crippen molar-refractivity contribution in [1.82, 2.24) is 9.80 Å². The quantitative estimate of drug-likeness (QED) is 0.779. The number of carbonyl (C=O) groups excluding carboxylic acids is 2. The zero-order valence-electron chi connectivity index (χ0n) is 12.3. The normalized spacial score (nSPS) is 20.4. The van der Waals surface area contributed by atoms with E-state index in [9.17, 15) is 14.7 Å². The molecule has 1 N–H and O–H groups in total. The first-order valence-corrected chi connectivity index (χ1v) is 7.23. The Kier molecular flexibility index (Phi) is 6.28. The summed E-state index contributed by atoms with van der Waals surface area (Å²) < 4.78 is 0. The van der Waals surface area contributed by atoms with Crippen molar-refractivity contribution in [2.45, 2.75) is 46.1 Å². The first kappa shape index (κ1) is 16.0. The van der Waals surface area contributed by atoms with Gasteiger partial charge >= 0.3 is 0 Å². The van der Waals surface area contributed by atoms with Crippen molar-refractivity contribution in [3.63, 3.8) is 0 Å². The van der Waals surface area contributed by atoms with Gasteiger partial charge in [-0.15, -0.1) is 0 Å². The molecule has 110 valence electrons. The molecule has 5 nitrogen and oxygen atoms in total. The number of hydrogen-bond acceptors (Lipinski definition) is 3. The zero-order chi connectivity index (χ0) is 14.4. The van der Waals surface area contributed by atoms with Crippen LogP contribution in [0.1, 0.15) is 40.0 Å². The summed E-state index contributed by atoms with van der Waals surface area (Å²) in [5.74, 6) is 0.260. The molecule has 1 heterocycles. The predicted molar refractivity (Wildman–Crippen MR) is 73.5 cm³/mol. The van der Waals surface area contributed by atoms with Crippen LogP contribution in [0.15, 0.2) is 0 Å². The Balaban J connectivity index is 2.34. The molecule has 1 fully saturated rings. The van der Waals surface area contributed by atoms with Crippen LogP contribution in [0.5, 0.6) is 0 Å². The van der Waals surface area contributed by atoms with E-state index in [1.807, 2.05) is 13.8 Å². The molecule has 1 rings (SSSR count). The summed E-state index contributed by atoms with van der Waals surface area (Å²) in [5.41, 5.74) is 0. The number of carbonyl (C=O) groups is 2. The van der Waals surface area contributed by atoms with Gasteiger partial charge in [0.25, 0.3) is 0 Å². The molecule has 0 radical (unpaired) electrons. The molecule has 1 aliphatic heterocycles. The highest BCUT2D eigenvalue weighted by molar-refractivity contribution is 5.84. The highest BCUT2D eigenvalue weighted by atomic mass is 16.3. The van der Waals surface area contributed by atoms with Gasteiger partial charge in [-0.1, -0.05) is 0 Å². The van der Waals surface area contributed by atoms with Gasteiger partial charge in [-0.2, -0.15) is 0 Å². The van der Waals surface area contributed by atoms with Crippen molar-refractivity contribution >= 4 is 11.8 Å². The van der Waals surface area contributed by atoms with Crippen LogP contribution in [-0.2, 0) is 9.59 Å². The second kappa shape index (κ2) is 7.48. The Hall–Kier alpha value is -1.10. The third-order valence-electron chi connectivity index (χ3n) is 3.93. The lowest BCUT2D eigenvalue weighted by atomic mass is 10.0. The van der Waals surface area contributed by atoms with Gasteiger partial charge in [0.2, 0.25) is 11.8 Å². The molecule has 2 atom stereocenters. The average Bonchev–Trinajstić information content (AvgIpc) is 2.87. The van der Waals surface area contributed by atoms with Gasteiger partial charge in [0.15, 0.2) is 0 Å². The van der Waals surface area contributed by atoms with Crippen molar-refractivity contribution in [3.8, 4) is 0 Å². The molecule has 1 saturated heterocycles. The minimum atomic E-state index is -0.366. The summed E-state index contributed by atoms with van der Waals surface area (Å²) in [5, 5.41) is 9.51. The molecule has 5 heteroatoms. The zero-order valence-corrected chi connectivity index (χ0v) is 12.3. The van der Waals surface area contributed by atoms with Gasteiger partial charge in [-0.25, -0.2) is 0 Å². The van der Waals surface area contributed by atoms with E-state index in [1.54, 1.807) is 16.7 Å². The van der Waals surface area contributed by atoms with Crippen LogP contribution < -0.4 is 0 Å². The third-order valence-corrected chi connectivity index (χ3v) is 3.93. The number of likely N-dealkylation sites (tertiary alicyclic amines) is 1. The summed E-state index contributed by atoms with van der Waals surface area (Å²) in [4.78, 5) is 27.3. The molecular weight excluding hydrogens is 244 g/mol. The van der Waals surface area contributed by atoms with E-state index in [-0.39, 0.29) is 36.7 Å². The molecule has 0 aromatic carbocycles. The Morgan fingerprint density at radius 1 is 1.32 bits per heavy atom. The van der Waals surface area contributed by atoms with E-state index in [1.165, 1.54) is 0 Å². The smallest absolute Gasteiger partial charge is 0.223 e. The molecule has 1 aliphatic rings. The molecule has 0 spiro atoms. The number of aliphatic hydroxyl groups is 1. The van der Waals surface area contributed by atoms with Crippen LogP contribution in [0.2, 0.25) is 0 Å². The highest BCUT2D eigenvalue weighted by Crippen LogP contribution is 2.20. The van der Waals surface area contributed by atoms with Gasteiger partial charge in [-0.05, 0) is 27.2 Å². The molecule has 0 saturated carbocycles. The minimum Gasteiger partial charge on any atom is -0.393 e. The van der Waals surface area contributed by atoms with Gasteiger partial charge < -0.3 is 14.9 Å². The maximum atomic E-state index is 12.0. The van der Waals surface area contributed by atoms with E-state index in [0.29, 0.717) is 26.2 Å². The van der Waals surface area contributed by atoms with E-state index in [0.717, 1.165) is 6.42 Å². The van der Waals surface area contributed by atoms with Crippen molar-refractivity contribution < 1.29 is 14.7 Å². The van der Waals surface area contributed by atoms with E-state index >= 15 is 0 Å². The first-order valence-electron chi connectivity index (χ1n) is 7.23. The largest absolute Gasteiger partial charge is 0.393 e. The number of amides is 2. The first-order chi connectivity index (χ1) is 8.99. The van der Waals surface area contributed by atoms with Crippen molar-refractivity contribution in [1.29, 1.82) is 0 Å². The van der Waals surface area contributed by atoms with Crippen LogP contribution in [0.3, 0.4) is 0 Å². The molecule has 2 amide bonds. The highest BCUT2D eigenvalue weighted by Gasteiger charge is 2.29. The maximum Gasteiger partial charge on any atom is 0.223 e. The number of rotatable bonds is 6. The summed E-state index contributed by atoms with van der Waals surface area (Å²) in [6, 6.07) is 0. The maximum absolute atomic E-state index is 12.0. The summed E-state index contributed by atoms with van der Waals surface area (Å²) in [6.45, 7) is 8.36. The monoisotopic (exact) mass is 270 g/mol. The van der Waals surface area contributed by atoms with Crippen LogP contribution in [0, 0.1) is 5.92 Å². The van der Waals surface area contributed by atoms with E-state index < -0.39 is 0 Å². The van der Waals surface area contributed by atoms with Crippen LogP contribution >= 0.6 is 0 Å². The number of hydrogen-bond donors (Lipinski definition) is 1.